The Kier molecular flexibility index (Phi) is 3.84. The summed E-state index contributed by atoms with van der Waals surface area (Å²) in [4.78, 5) is 6.62. The Morgan fingerprint density at radius 2 is 2.35 bits per heavy atom. The molecule has 0 radical (unpaired) electrons. The van der Waals surface area contributed by atoms with Gasteiger partial charge in [-0.3, -0.25) is 4.90 Å². The molecule has 3 heterocycles. The van der Waals surface area contributed by atoms with Crippen LogP contribution < -0.4 is 0 Å². The van der Waals surface area contributed by atoms with E-state index in [1.165, 1.54) is 5.69 Å². The van der Waals surface area contributed by atoms with Gasteiger partial charge in [0, 0.05) is 51.5 Å². The van der Waals surface area contributed by atoms with E-state index in [-0.39, 0.29) is 0 Å². The number of nitrogens with zero attached hydrogens (tertiary/aromatic N) is 4. The molecule has 0 aliphatic carbocycles. The fourth-order valence-electron chi connectivity index (χ4n) is 2.82. The molecular formula is C14H20N4O2. The molecule has 0 saturated carbocycles. The van der Waals surface area contributed by atoms with Crippen molar-refractivity contribution in [1.29, 1.82) is 0 Å². The molecule has 0 amide bonds. The first kappa shape index (κ1) is 13.3. The Morgan fingerprint density at radius 3 is 3.10 bits per heavy atom. The van der Waals surface area contributed by atoms with Crippen LogP contribution in [0.2, 0.25) is 0 Å². The smallest absolute Gasteiger partial charge is 0.133 e. The number of methoxy groups -OCH3 is 1. The van der Waals surface area contributed by atoms with Crippen molar-refractivity contribution in [2.45, 2.75) is 26.6 Å². The third kappa shape index (κ3) is 2.91. The number of fused-ring (bicyclic) bond motifs is 1. The topological polar surface area (TPSA) is 56.3 Å². The van der Waals surface area contributed by atoms with Crippen molar-refractivity contribution in [3.63, 3.8) is 0 Å². The average Bonchev–Trinajstić information content (AvgIpc) is 2.96. The molecule has 0 bridgehead atoms. The molecule has 3 rings (SSSR count). The molecule has 2 aromatic rings. The minimum Gasteiger partial charge on any atom is -0.384 e. The van der Waals surface area contributed by atoms with Crippen molar-refractivity contribution in [2.75, 3.05) is 20.3 Å². The Morgan fingerprint density at radius 1 is 1.45 bits per heavy atom. The number of aryl methyl sites for hydroxylation is 1. The highest BCUT2D eigenvalue weighted by molar-refractivity contribution is 5.05. The second-order valence-electron chi connectivity index (χ2n) is 5.46. The van der Waals surface area contributed by atoms with Crippen molar-refractivity contribution < 1.29 is 9.26 Å². The van der Waals surface area contributed by atoms with Gasteiger partial charge in [-0.2, -0.15) is 0 Å². The lowest BCUT2D eigenvalue weighted by molar-refractivity contribution is 0.114. The Hall–Kier alpha value is -1.66. The van der Waals surface area contributed by atoms with Crippen molar-refractivity contribution in [1.82, 2.24) is 19.6 Å². The predicted octanol–water partition coefficient (Wildman–Crippen LogP) is 1.46. The molecule has 108 valence electrons. The lowest BCUT2D eigenvalue weighted by atomic mass is 10.1. The standard InChI is InChI=1S/C14H20N4O2/c1-11-3-13(16-20-11)7-17-5-12(9-19-2)6-18-10-15-4-14(18)8-17/h3-4,10,12H,5-9H2,1-2H3. The van der Waals surface area contributed by atoms with Crippen LogP contribution in [0.15, 0.2) is 23.1 Å². The third-order valence-electron chi connectivity index (χ3n) is 3.62. The molecule has 1 atom stereocenters. The van der Waals surface area contributed by atoms with Crippen LogP contribution in [0.25, 0.3) is 0 Å². The van der Waals surface area contributed by atoms with Crippen LogP contribution in [0.4, 0.5) is 0 Å². The lowest BCUT2D eigenvalue weighted by Crippen LogP contribution is -2.29. The summed E-state index contributed by atoms with van der Waals surface area (Å²) < 4.78 is 12.7. The van der Waals surface area contributed by atoms with Gasteiger partial charge in [0.2, 0.25) is 0 Å². The molecule has 6 heteroatoms. The second-order valence-corrected chi connectivity index (χ2v) is 5.46. The number of hydrogen-bond donors (Lipinski definition) is 0. The van der Waals surface area contributed by atoms with Crippen molar-refractivity contribution in [3.8, 4) is 0 Å². The molecule has 0 saturated heterocycles. The number of hydrogen-bond acceptors (Lipinski definition) is 5. The summed E-state index contributed by atoms with van der Waals surface area (Å²) in [5, 5.41) is 4.08. The first-order valence-corrected chi connectivity index (χ1v) is 6.87. The summed E-state index contributed by atoms with van der Waals surface area (Å²) in [6.07, 6.45) is 3.85. The van der Waals surface area contributed by atoms with E-state index in [1.54, 1.807) is 7.11 Å². The zero-order chi connectivity index (χ0) is 13.9. The Bertz CT molecular complexity index is 563. The molecule has 0 spiro atoms. The summed E-state index contributed by atoms with van der Waals surface area (Å²) >= 11 is 0. The van der Waals surface area contributed by atoms with E-state index in [4.69, 9.17) is 9.26 Å². The van der Waals surface area contributed by atoms with Gasteiger partial charge in [0.15, 0.2) is 0 Å². The van der Waals surface area contributed by atoms with E-state index in [9.17, 15) is 0 Å². The summed E-state index contributed by atoms with van der Waals surface area (Å²) in [5.41, 5.74) is 2.22. The van der Waals surface area contributed by atoms with Crippen molar-refractivity contribution in [2.24, 2.45) is 5.92 Å². The van der Waals surface area contributed by atoms with Gasteiger partial charge in [-0.15, -0.1) is 0 Å². The maximum Gasteiger partial charge on any atom is 0.133 e. The summed E-state index contributed by atoms with van der Waals surface area (Å²) in [7, 11) is 1.76. The van der Waals surface area contributed by atoms with Crippen LogP contribution >= 0.6 is 0 Å². The van der Waals surface area contributed by atoms with E-state index >= 15 is 0 Å². The molecule has 20 heavy (non-hydrogen) atoms. The quantitative estimate of drug-likeness (QED) is 0.846. The fraction of sp³-hybridized carbons (Fsp3) is 0.571. The molecule has 1 unspecified atom stereocenters. The molecular weight excluding hydrogens is 256 g/mol. The second kappa shape index (κ2) is 5.76. The third-order valence-corrected chi connectivity index (χ3v) is 3.62. The van der Waals surface area contributed by atoms with Gasteiger partial charge in [0.1, 0.15) is 5.76 Å². The average molecular weight is 276 g/mol. The minimum absolute atomic E-state index is 0.462. The molecule has 0 fully saturated rings. The number of ether oxygens (including phenoxy) is 1. The minimum atomic E-state index is 0.462. The van der Waals surface area contributed by atoms with Gasteiger partial charge in [-0.25, -0.2) is 4.98 Å². The molecule has 1 aliphatic heterocycles. The number of imidazole rings is 1. The van der Waals surface area contributed by atoms with Crippen molar-refractivity contribution >= 4 is 0 Å². The monoisotopic (exact) mass is 276 g/mol. The van der Waals surface area contributed by atoms with Crippen LogP contribution in [0, 0.1) is 12.8 Å². The fourth-order valence-corrected chi connectivity index (χ4v) is 2.82. The summed E-state index contributed by atoms with van der Waals surface area (Å²) in [6, 6.07) is 1.99. The molecule has 1 aliphatic rings. The lowest BCUT2D eigenvalue weighted by Gasteiger charge is -2.22. The Labute approximate surface area is 118 Å². The molecule has 6 nitrogen and oxygen atoms in total. The largest absolute Gasteiger partial charge is 0.384 e. The van der Waals surface area contributed by atoms with Crippen LogP contribution in [0.3, 0.4) is 0 Å². The van der Waals surface area contributed by atoms with E-state index in [0.29, 0.717) is 5.92 Å². The number of aromatic nitrogens is 3. The zero-order valence-corrected chi connectivity index (χ0v) is 12.0. The van der Waals surface area contributed by atoms with Gasteiger partial charge in [0.25, 0.3) is 0 Å². The first-order valence-electron chi connectivity index (χ1n) is 6.87. The molecule has 0 aromatic carbocycles. The predicted molar refractivity (Wildman–Crippen MR) is 72.9 cm³/mol. The van der Waals surface area contributed by atoms with Gasteiger partial charge in [-0.05, 0) is 6.92 Å². The van der Waals surface area contributed by atoms with Gasteiger partial charge >= 0.3 is 0 Å². The number of rotatable bonds is 4. The van der Waals surface area contributed by atoms with E-state index in [1.807, 2.05) is 25.5 Å². The SMILES string of the molecule is COCC1CN(Cc2cc(C)on2)Cc2cncn2C1. The van der Waals surface area contributed by atoms with Gasteiger partial charge < -0.3 is 13.8 Å². The van der Waals surface area contributed by atoms with Crippen LogP contribution in [-0.2, 0) is 24.4 Å². The van der Waals surface area contributed by atoms with Crippen LogP contribution in [-0.4, -0.2) is 39.9 Å². The van der Waals surface area contributed by atoms with E-state index in [0.717, 1.165) is 44.2 Å². The van der Waals surface area contributed by atoms with E-state index in [2.05, 4.69) is 19.6 Å². The Balaban J connectivity index is 1.76. The molecule has 2 aromatic heterocycles. The first-order chi connectivity index (χ1) is 9.74. The van der Waals surface area contributed by atoms with Gasteiger partial charge in [0.05, 0.1) is 24.3 Å². The van der Waals surface area contributed by atoms with Crippen LogP contribution in [0.1, 0.15) is 17.1 Å². The van der Waals surface area contributed by atoms with E-state index < -0.39 is 0 Å². The maximum atomic E-state index is 5.34. The normalized spacial score (nSPS) is 19.8. The highest BCUT2D eigenvalue weighted by atomic mass is 16.5. The van der Waals surface area contributed by atoms with Crippen molar-refractivity contribution in [3.05, 3.63) is 35.7 Å². The highest BCUT2D eigenvalue weighted by Crippen LogP contribution is 2.18. The van der Waals surface area contributed by atoms with Gasteiger partial charge in [-0.1, -0.05) is 5.16 Å². The highest BCUT2D eigenvalue weighted by Gasteiger charge is 2.22. The maximum absolute atomic E-state index is 5.34. The summed E-state index contributed by atoms with van der Waals surface area (Å²) in [6.45, 7) is 6.29. The molecule has 0 N–H and O–H groups in total. The summed E-state index contributed by atoms with van der Waals surface area (Å²) in [5.74, 6) is 1.32. The van der Waals surface area contributed by atoms with Crippen LogP contribution in [0.5, 0.6) is 0 Å². The zero-order valence-electron chi connectivity index (χ0n) is 12.0.